The molecule has 0 fully saturated rings. The Balaban J connectivity index is 1.69. The van der Waals surface area contributed by atoms with Crippen LogP contribution >= 0.6 is 0 Å². The zero-order chi connectivity index (χ0) is 15.4. The van der Waals surface area contributed by atoms with Gasteiger partial charge in [-0.25, -0.2) is 0 Å². The molecule has 0 amide bonds. The van der Waals surface area contributed by atoms with Crippen molar-refractivity contribution >= 4 is 11.1 Å². The lowest BCUT2D eigenvalue weighted by Crippen LogP contribution is -2.05. The maximum atomic E-state index is 4.37. The third-order valence-corrected chi connectivity index (χ3v) is 4.53. The smallest absolute Gasteiger partial charge is 0.0655 e. The number of fused-ring (bicyclic) bond motifs is 1. The molecule has 22 heavy (non-hydrogen) atoms. The Morgan fingerprint density at radius 2 is 1.73 bits per heavy atom. The number of pyridine rings is 1. The number of benzene rings is 1. The third kappa shape index (κ3) is 3.19. The van der Waals surface area contributed by atoms with Crippen LogP contribution in [0.3, 0.4) is 0 Å². The van der Waals surface area contributed by atoms with E-state index in [0.29, 0.717) is 0 Å². The highest BCUT2D eigenvalue weighted by Gasteiger charge is 2.14. The molecule has 0 spiro atoms. The predicted octanol–water partition coefficient (Wildman–Crippen LogP) is 5.47. The fraction of sp³-hybridized carbons (Fsp3) is 0.286. The van der Waals surface area contributed by atoms with Gasteiger partial charge in [0.2, 0.25) is 0 Å². The van der Waals surface area contributed by atoms with Crippen molar-refractivity contribution in [1.82, 2.24) is 4.98 Å². The molecule has 1 aromatic carbocycles. The van der Waals surface area contributed by atoms with Crippen molar-refractivity contribution in [2.24, 2.45) is 0 Å². The van der Waals surface area contributed by atoms with Gasteiger partial charge in [-0.15, -0.1) is 0 Å². The van der Waals surface area contributed by atoms with Gasteiger partial charge in [-0.2, -0.15) is 0 Å². The van der Waals surface area contributed by atoms with Crippen LogP contribution in [0.15, 0.2) is 55.8 Å². The molecule has 1 heterocycles. The fourth-order valence-corrected chi connectivity index (χ4v) is 3.25. The topological polar surface area (TPSA) is 12.9 Å². The molecular weight excluding hydrogens is 266 g/mol. The van der Waals surface area contributed by atoms with E-state index in [-0.39, 0.29) is 0 Å². The van der Waals surface area contributed by atoms with Crippen molar-refractivity contribution in [1.29, 1.82) is 0 Å². The minimum Gasteiger partial charge on any atom is -0.257 e. The van der Waals surface area contributed by atoms with Crippen molar-refractivity contribution in [3.63, 3.8) is 0 Å². The molecule has 0 saturated carbocycles. The molecule has 1 aromatic heterocycles. The van der Waals surface area contributed by atoms with Crippen LogP contribution in [0.5, 0.6) is 0 Å². The largest absolute Gasteiger partial charge is 0.257 e. The molecule has 0 atom stereocenters. The molecule has 0 N–H and O–H groups in total. The molecule has 0 aliphatic heterocycles. The van der Waals surface area contributed by atoms with Gasteiger partial charge in [-0.3, -0.25) is 4.98 Å². The first-order valence-corrected chi connectivity index (χ1v) is 8.14. The van der Waals surface area contributed by atoms with Crippen LogP contribution in [-0.4, -0.2) is 4.98 Å². The average Bonchev–Trinajstić information content (AvgIpc) is 2.59. The van der Waals surface area contributed by atoms with Crippen molar-refractivity contribution in [3.05, 3.63) is 78.1 Å². The van der Waals surface area contributed by atoms with Gasteiger partial charge in [0, 0.05) is 6.20 Å². The second-order valence-electron chi connectivity index (χ2n) is 6.07. The molecule has 0 radical (unpaired) electrons. The number of hydrogen-bond acceptors (Lipinski definition) is 1. The van der Waals surface area contributed by atoms with Gasteiger partial charge in [0.25, 0.3) is 0 Å². The summed E-state index contributed by atoms with van der Waals surface area (Å²) in [6.45, 7) is 8.51. The molecule has 1 aliphatic rings. The standard InChI is InChI=1S/C21H23N/c1-16(13-14-17(2)21-12-5-6-15-22-21)19-11-7-9-18-8-3-4-10-20(18)19/h5-7,9,11-12,15H,1-4,8,10,13-14H2. The molecule has 0 unspecified atom stereocenters. The van der Waals surface area contributed by atoms with Gasteiger partial charge in [-0.05, 0) is 78.5 Å². The van der Waals surface area contributed by atoms with E-state index in [1.165, 1.54) is 47.9 Å². The summed E-state index contributed by atoms with van der Waals surface area (Å²) in [5.41, 5.74) is 7.73. The maximum absolute atomic E-state index is 4.37. The number of aromatic nitrogens is 1. The van der Waals surface area contributed by atoms with Crippen molar-refractivity contribution in [2.45, 2.75) is 38.5 Å². The Morgan fingerprint density at radius 3 is 2.55 bits per heavy atom. The SMILES string of the molecule is C=C(CCC(=C)c1cccc2c1CCCC2)c1ccccn1. The lowest BCUT2D eigenvalue weighted by Gasteiger charge is -2.20. The van der Waals surface area contributed by atoms with Crippen LogP contribution in [0, 0.1) is 0 Å². The van der Waals surface area contributed by atoms with Crippen LogP contribution in [-0.2, 0) is 12.8 Å². The zero-order valence-corrected chi connectivity index (χ0v) is 13.1. The Bertz CT molecular complexity index is 682. The summed E-state index contributed by atoms with van der Waals surface area (Å²) < 4.78 is 0. The molecule has 1 aliphatic carbocycles. The normalized spacial score (nSPS) is 13.5. The zero-order valence-electron chi connectivity index (χ0n) is 13.1. The average molecular weight is 289 g/mol. The lowest BCUT2D eigenvalue weighted by molar-refractivity contribution is 0.684. The summed E-state index contributed by atoms with van der Waals surface area (Å²) in [5, 5.41) is 0. The molecular formula is C21H23N. The number of hydrogen-bond donors (Lipinski definition) is 0. The number of allylic oxidation sites excluding steroid dienone is 2. The minimum atomic E-state index is 0.916. The van der Waals surface area contributed by atoms with Crippen molar-refractivity contribution < 1.29 is 0 Å². The fourth-order valence-electron chi connectivity index (χ4n) is 3.25. The number of nitrogens with zero attached hydrogens (tertiary/aromatic N) is 1. The van der Waals surface area contributed by atoms with Crippen molar-refractivity contribution in [2.75, 3.05) is 0 Å². The summed E-state index contributed by atoms with van der Waals surface area (Å²) >= 11 is 0. The monoisotopic (exact) mass is 289 g/mol. The van der Waals surface area contributed by atoms with Crippen LogP contribution < -0.4 is 0 Å². The molecule has 2 aromatic rings. The van der Waals surface area contributed by atoms with E-state index in [9.17, 15) is 0 Å². The molecule has 1 heteroatoms. The Morgan fingerprint density at radius 1 is 0.909 bits per heavy atom. The highest BCUT2D eigenvalue weighted by molar-refractivity contribution is 5.70. The maximum Gasteiger partial charge on any atom is 0.0655 e. The number of aryl methyl sites for hydroxylation is 1. The first kappa shape index (κ1) is 14.8. The third-order valence-electron chi connectivity index (χ3n) is 4.53. The second-order valence-corrected chi connectivity index (χ2v) is 6.07. The van der Waals surface area contributed by atoms with E-state index in [1.807, 2.05) is 24.4 Å². The van der Waals surface area contributed by atoms with E-state index < -0.39 is 0 Å². The molecule has 0 saturated heterocycles. The first-order chi connectivity index (χ1) is 10.8. The van der Waals surface area contributed by atoms with Crippen LogP contribution in [0.4, 0.5) is 0 Å². The van der Waals surface area contributed by atoms with E-state index in [2.05, 4.69) is 36.3 Å². The Kier molecular flexibility index (Phi) is 4.53. The first-order valence-electron chi connectivity index (χ1n) is 8.14. The Hall–Kier alpha value is -2.15. The molecule has 3 rings (SSSR count). The van der Waals surface area contributed by atoms with E-state index in [1.54, 1.807) is 0 Å². The molecule has 112 valence electrons. The van der Waals surface area contributed by atoms with Gasteiger partial charge in [0.1, 0.15) is 0 Å². The lowest BCUT2D eigenvalue weighted by atomic mass is 9.85. The van der Waals surface area contributed by atoms with E-state index >= 15 is 0 Å². The quantitative estimate of drug-likeness (QED) is 0.711. The van der Waals surface area contributed by atoms with Gasteiger partial charge >= 0.3 is 0 Å². The number of rotatable bonds is 5. The Labute approximate surface area is 133 Å². The molecule has 0 bridgehead atoms. The van der Waals surface area contributed by atoms with Gasteiger partial charge in [0.05, 0.1) is 5.69 Å². The second kappa shape index (κ2) is 6.74. The summed E-state index contributed by atoms with van der Waals surface area (Å²) in [4.78, 5) is 4.37. The summed E-state index contributed by atoms with van der Waals surface area (Å²) in [6, 6.07) is 12.7. The van der Waals surface area contributed by atoms with Crippen LogP contribution in [0.1, 0.15) is 48.1 Å². The predicted molar refractivity (Wildman–Crippen MR) is 94.6 cm³/mol. The minimum absolute atomic E-state index is 0.916. The summed E-state index contributed by atoms with van der Waals surface area (Å²) in [5.74, 6) is 0. The van der Waals surface area contributed by atoms with Gasteiger partial charge in [0.15, 0.2) is 0 Å². The van der Waals surface area contributed by atoms with E-state index in [0.717, 1.165) is 24.1 Å². The highest BCUT2D eigenvalue weighted by atomic mass is 14.7. The van der Waals surface area contributed by atoms with Gasteiger partial charge in [-0.1, -0.05) is 37.4 Å². The van der Waals surface area contributed by atoms with Crippen LogP contribution in [0.2, 0.25) is 0 Å². The van der Waals surface area contributed by atoms with Gasteiger partial charge < -0.3 is 0 Å². The summed E-state index contributed by atoms with van der Waals surface area (Å²) in [6.07, 6.45) is 8.73. The van der Waals surface area contributed by atoms with Crippen molar-refractivity contribution in [3.8, 4) is 0 Å². The molecule has 1 nitrogen and oxygen atoms in total. The van der Waals surface area contributed by atoms with Crippen LogP contribution in [0.25, 0.3) is 11.1 Å². The van der Waals surface area contributed by atoms with E-state index in [4.69, 9.17) is 0 Å². The summed E-state index contributed by atoms with van der Waals surface area (Å²) in [7, 11) is 0. The highest BCUT2D eigenvalue weighted by Crippen LogP contribution is 2.31.